The number of carboxylic acids is 1. The number of carbonyl (C=O) groups excluding carboxylic acids is 1. The fourth-order valence-corrected chi connectivity index (χ4v) is 2.91. The Morgan fingerprint density at radius 1 is 1.12 bits per heavy atom. The standard InChI is InChI=1S/C18H17ClN2O3/c19-15-7-5-13(6-8-15)12-20-9-2-10-21(18(20)24)16-4-1-3-14(11-16)17(22)23/h1,3-8,11H,2,9-10,12H2,(H,22,23). The van der Waals surface area contributed by atoms with Gasteiger partial charge in [0, 0.05) is 30.3 Å². The van der Waals surface area contributed by atoms with Crippen molar-refractivity contribution < 1.29 is 14.7 Å². The molecule has 124 valence electrons. The highest BCUT2D eigenvalue weighted by atomic mass is 35.5. The molecule has 2 amide bonds. The second-order valence-electron chi connectivity index (χ2n) is 5.69. The lowest BCUT2D eigenvalue weighted by molar-refractivity contribution is 0.0697. The fourth-order valence-electron chi connectivity index (χ4n) is 2.78. The molecule has 0 saturated carbocycles. The molecule has 24 heavy (non-hydrogen) atoms. The summed E-state index contributed by atoms with van der Waals surface area (Å²) in [6.45, 7) is 1.76. The van der Waals surface area contributed by atoms with Gasteiger partial charge in [-0.1, -0.05) is 29.8 Å². The average molecular weight is 345 g/mol. The Kier molecular flexibility index (Phi) is 4.71. The van der Waals surface area contributed by atoms with Crippen LogP contribution in [0.1, 0.15) is 22.3 Å². The van der Waals surface area contributed by atoms with Crippen LogP contribution in [0, 0.1) is 0 Å². The van der Waals surface area contributed by atoms with Crippen LogP contribution >= 0.6 is 11.6 Å². The summed E-state index contributed by atoms with van der Waals surface area (Å²) in [4.78, 5) is 27.3. The third-order valence-corrected chi connectivity index (χ3v) is 4.25. The molecule has 0 bridgehead atoms. The SMILES string of the molecule is O=C(O)c1cccc(N2CCCN(Cc3ccc(Cl)cc3)C2=O)c1. The minimum absolute atomic E-state index is 0.112. The summed E-state index contributed by atoms with van der Waals surface area (Å²) in [6, 6.07) is 13.8. The molecule has 0 aromatic heterocycles. The summed E-state index contributed by atoms with van der Waals surface area (Å²) >= 11 is 5.89. The summed E-state index contributed by atoms with van der Waals surface area (Å²) < 4.78 is 0. The van der Waals surface area contributed by atoms with Crippen LogP contribution in [0.25, 0.3) is 0 Å². The number of amides is 2. The van der Waals surface area contributed by atoms with Crippen molar-refractivity contribution in [2.75, 3.05) is 18.0 Å². The van der Waals surface area contributed by atoms with Crippen LogP contribution in [0.5, 0.6) is 0 Å². The number of urea groups is 1. The van der Waals surface area contributed by atoms with E-state index in [0.717, 1.165) is 12.0 Å². The zero-order chi connectivity index (χ0) is 17.1. The van der Waals surface area contributed by atoms with Crippen LogP contribution in [0.4, 0.5) is 10.5 Å². The van der Waals surface area contributed by atoms with Crippen molar-refractivity contribution in [2.24, 2.45) is 0 Å². The van der Waals surface area contributed by atoms with E-state index in [1.165, 1.54) is 12.1 Å². The lowest BCUT2D eigenvalue weighted by Gasteiger charge is -2.35. The molecule has 0 atom stereocenters. The van der Waals surface area contributed by atoms with Gasteiger partial charge in [0.1, 0.15) is 0 Å². The van der Waals surface area contributed by atoms with Gasteiger partial charge >= 0.3 is 12.0 Å². The normalized spacial score (nSPS) is 14.8. The van der Waals surface area contributed by atoms with Gasteiger partial charge in [0.15, 0.2) is 0 Å². The second kappa shape index (κ2) is 6.93. The first-order valence-electron chi connectivity index (χ1n) is 7.69. The van der Waals surface area contributed by atoms with Crippen molar-refractivity contribution in [3.8, 4) is 0 Å². The molecule has 0 unspecified atom stereocenters. The Balaban J connectivity index is 1.78. The Bertz CT molecular complexity index is 761. The van der Waals surface area contributed by atoms with Gasteiger partial charge in [0.25, 0.3) is 0 Å². The van der Waals surface area contributed by atoms with Crippen LogP contribution in [-0.4, -0.2) is 35.1 Å². The zero-order valence-electron chi connectivity index (χ0n) is 13.0. The molecule has 6 heteroatoms. The van der Waals surface area contributed by atoms with Crippen molar-refractivity contribution in [3.63, 3.8) is 0 Å². The molecular formula is C18H17ClN2O3. The summed E-state index contributed by atoms with van der Waals surface area (Å²) in [5, 5.41) is 9.78. The monoisotopic (exact) mass is 344 g/mol. The molecule has 0 radical (unpaired) electrons. The molecule has 5 nitrogen and oxygen atoms in total. The quantitative estimate of drug-likeness (QED) is 0.915. The van der Waals surface area contributed by atoms with Gasteiger partial charge in [-0.3, -0.25) is 4.90 Å². The predicted octanol–water partition coefficient (Wildman–Crippen LogP) is 3.87. The fraction of sp³-hybridized carbons (Fsp3) is 0.222. The molecule has 1 N–H and O–H groups in total. The van der Waals surface area contributed by atoms with Gasteiger partial charge < -0.3 is 10.0 Å². The van der Waals surface area contributed by atoms with Gasteiger partial charge in [-0.15, -0.1) is 0 Å². The third kappa shape index (κ3) is 3.51. The maximum absolute atomic E-state index is 12.8. The highest BCUT2D eigenvalue weighted by Crippen LogP contribution is 2.23. The van der Waals surface area contributed by atoms with Crippen molar-refractivity contribution in [1.82, 2.24) is 4.90 Å². The number of hydrogen-bond acceptors (Lipinski definition) is 2. The number of halogens is 1. The number of rotatable bonds is 4. The van der Waals surface area contributed by atoms with Crippen molar-refractivity contribution >= 4 is 29.3 Å². The third-order valence-electron chi connectivity index (χ3n) is 4.00. The van der Waals surface area contributed by atoms with Gasteiger partial charge in [-0.05, 0) is 42.3 Å². The zero-order valence-corrected chi connectivity index (χ0v) is 13.7. The number of anilines is 1. The average Bonchev–Trinajstić information content (AvgIpc) is 2.59. The summed E-state index contributed by atoms with van der Waals surface area (Å²) in [5.74, 6) is -1.00. The van der Waals surface area contributed by atoms with Gasteiger partial charge in [-0.2, -0.15) is 0 Å². The minimum atomic E-state index is -1.00. The molecule has 1 saturated heterocycles. The lowest BCUT2D eigenvalue weighted by Crippen LogP contribution is -2.49. The number of carboxylic acid groups (broad SMARTS) is 1. The first kappa shape index (κ1) is 16.3. The van der Waals surface area contributed by atoms with E-state index in [0.29, 0.717) is 30.3 Å². The Morgan fingerprint density at radius 3 is 2.58 bits per heavy atom. The number of carbonyl (C=O) groups is 2. The number of aromatic carboxylic acids is 1. The highest BCUT2D eigenvalue weighted by molar-refractivity contribution is 6.30. The molecule has 2 aromatic rings. The van der Waals surface area contributed by atoms with E-state index in [1.54, 1.807) is 34.1 Å². The summed E-state index contributed by atoms with van der Waals surface area (Å²) in [7, 11) is 0. The predicted molar refractivity (Wildman–Crippen MR) is 92.6 cm³/mol. The highest BCUT2D eigenvalue weighted by Gasteiger charge is 2.27. The Labute approximate surface area is 145 Å². The largest absolute Gasteiger partial charge is 0.478 e. The first-order valence-corrected chi connectivity index (χ1v) is 8.06. The van der Waals surface area contributed by atoms with Gasteiger partial charge in [-0.25, -0.2) is 9.59 Å². The number of benzene rings is 2. The molecule has 1 aliphatic rings. The summed E-state index contributed by atoms with van der Waals surface area (Å²) in [5.41, 5.74) is 1.80. The molecule has 1 aliphatic heterocycles. The van der Waals surface area contributed by atoms with Gasteiger partial charge in [0.2, 0.25) is 0 Å². The van der Waals surface area contributed by atoms with Crippen molar-refractivity contribution in [3.05, 3.63) is 64.7 Å². The minimum Gasteiger partial charge on any atom is -0.478 e. The molecule has 1 heterocycles. The Hall–Kier alpha value is -2.53. The van der Waals surface area contributed by atoms with E-state index in [1.807, 2.05) is 12.1 Å². The molecule has 0 aliphatic carbocycles. The topological polar surface area (TPSA) is 60.9 Å². The van der Waals surface area contributed by atoms with Crippen molar-refractivity contribution in [1.29, 1.82) is 0 Å². The van der Waals surface area contributed by atoms with E-state index in [-0.39, 0.29) is 11.6 Å². The van der Waals surface area contributed by atoms with E-state index < -0.39 is 5.97 Å². The van der Waals surface area contributed by atoms with Crippen LogP contribution in [0.3, 0.4) is 0 Å². The Morgan fingerprint density at radius 2 is 1.88 bits per heavy atom. The van der Waals surface area contributed by atoms with Crippen LogP contribution in [-0.2, 0) is 6.54 Å². The van der Waals surface area contributed by atoms with Crippen LogP contribution in [0.2, 0.25) is 5.02 Å². The number of nitrogens with zero attached hydrogens (tertiary/aromatic N) is 2. The molecule has 2 aromatic carbocycles. The molecule has 3 rings (SSSR count). The second-order valence-corrected chi connectivity index (χ2v) is 6.13. The van der Waals surface area contributed by atoms with Crippen LogP contribution < -0.4 is 4.90 Å². The molecular weight excluding hydrogens is 328 g/mol. The van der Waals surface area contributed by atoms with E-state index in [9.17, 15) is 9.59 Å². The van der Waals surface area contributed by atoms with E-state index in [2.05, 4.69) is 0 Å². The van der Waals surface area contributed by atoms with E-state index in [4.69, 9.17) is 16.7 Å². The van der Waals surface area contributed by atoms with E-state index >= 15 is 0 Å². The maximum Gasteiger partial charge on any atom is 0.335 e. The van der Waals surface area contributed by atoms with Crippen LogP contribution in [0.15, 0.2) is 48.5 Å². The van der Waals surface area contributed by atoms with Gasteiger partial charge in [0.05, 0.1) is 5.56 Å². The molecule has 0 spiro atoms. The number of hydrogen-bond donors (Lipinski definition) is 1. The smallest absolute Gasteiger partial charge is 0.335 e. The van der Waals surface area contributed by atoms with Crippen molar-refractivity contribution in [2.45, 2.75) is 13.0 Å². The molecule has 1 fully saturated rings. The maximum atomic E-state index is 12.8. The summed E-state index contributed by atoms with van der Waals surface area (Å²) in [6.07, 6.45) is 0.830. The lowest BCUT2D eigenvalue weighted by atomic mass is 10.1. The first-order chi connectivity index (χ1) is 11.5.